The Balaban J connectivity index is 1.93. The minimum Gasteiger partial charge on any atom is -0.346 e. The summed E-state index contributed by atoms with van der Waals surface area (Å²) in [6.07, 6.45) is 2.36. The van der Waals surface area contributed by atoms with Gasteiger partial charge in [0.1, 0.15) is 5.82 Å². The molecule has 2 aromatic rings. The molecule has 1 aromatic carbocycles. The van der Waals surface area contributed by atoms with Crippen LogP contribution in [0, 0.1) is 0 Å². The molecule has 0 saturated carbocycles. The number of nitrogens with zero attached hydrogens (tertiary/aromatic N) is 1. The Morgan fingerprint density at radius 1 is 1.38 bits per heavy atom. The van der Waals surface area contributed by atoms with Gasteiger partial charge in [0.05, 0.1) is 17.9 Å². The fourth-order valence-corrected chi connectivity index (χ4v) is 2.63. The summed E-state index contributed by atoms with van der Waals surface area (Å²) in [5.74, 6) is 2.76. The number of benzene rings is 1. The van der Waals surface area contributed by atoms with Gasteiger partial charge in [-0.25, -0.2) is 4.98 Å². The summed E-state index contributed by atoms with van der Waals surface area (Å²) < 4.78 is 0. The third kappa shape index (κ3) is 4.63. The van der Waals surface area contributed by atoms with Gasteiger partial charge in [-0.05, 0) is 18.2 Å². The summed E-state index contributed by atoms with van der Waals surface area (Å²) in [5, 5.41) is 2.97. The Hall–Kier alpha value is -1.75. The molecule has 0 fully saturated rings. The molecule has 0 spiro atoms. The average molecular weight is 303 g/mol. The second-order valence-electron chi connectivity index (χ2n) is 4.78. The molecule has 1 amide bonds. The van der Waals surface area contributed by atoms with E-state index in [2.05, 4.69) is 22.2 Å². The first kappa shape index (κ1) is 15.6. The van der Waals surface area contributed by atoms with Gasteiger partial charge in [-0.2, -0.15) is 11.8 Å². The maximum absolute atomic E-state index is 11.8. The molecule has 112 valence electrons. The summed E-state index contributed by atoms with van der Waals surface area (Å²) in [5.41, 5.74) is 2.06. The van der Waals surface area contributed by atoms with Crippen LogP contribution < -0.4 is 5.32 Å². The van der Waals surface area contributed by atoms with E-state index in [-0.39, 0.29) is 11.9 Å². The predicted molar refractivity (Wildman–Crippen MR) is 88.2 cm³/mol. The van der Waals surface area contributed by atoms with E-state index in [1.54, 1.807) is 18.0 Å². The second-order valence-corrected chi connectivity index (χ2v) is 6.18. The Morgan fingerprint density at radius 2 is 2.14 bits per heavy atom. The van der Waals surface area contributed by atoms with Crippen LogP contribution in [0.4, 0.5) is 0 Å². The zero-order chi connectivity index (χ0) is 15.1. The normalized spacial score (nSPS) is 12.1. The van der Waals surface area contributed by atoms with Gasteiger partial charge in [0.2, 0.25) is 5.91 Å². The summed E-state index contributed by atoms with van der Waals surface area (Å²) in [4.78, 5) is 19.4. The summed E-state index contributed by atoms with van der Waals surface area (Å²) in [7, 11) is 0. The minimum atomic E-state index is -0.110. The molecule has 1 heterocycles. The van der Waals surface area contributed by atoms with Gasteiger partial charge in [-0.15, -0.1) is 0 Å². The van der Waals surface area contributed by atoms with E-state index in [9.17, 15) is 4.79 Å². The number of hydrogen-bond donors (Lipinski definition) is 2. The summed E-state index contributed by atoms with van der Waals surface area (Å²) in [6.45, 7) is 4.04. The van der Waals surface area contributed by atoms with Crippen molar-refractivity contribution in [3.8, 4) is 11.3 Å². The van der Waals surface area contributed by atoms with Gasteiger partial charge >= 0.3 is 0 Å². The first-order valence-electron chi connectivity index (χ1n) is 7.18. The number of aromatic amines is 1. The highest BCUT2D eigenvalue weighted by Crippen LogP contribution is 2.18. The van der Waals surface area contributed by atoms with Crippen LogP contribution >= 0.6 is 11.8 Å². The molecule has 21 heavy (non-hydrogen) atoms. The van der Waals surface area contributed by atoms with Crippen LogP contribution in [0.5, 0.6) is 0 Å². The molecule has 0 unspecified atom stereocenters. The second kappa shape index (κ2) is 7.88. The number of H-pyrrole nitrogens is 1. The standard InChI is InChI=1S/C16H21N3OS/c1-3-21-10-9-15(20)18-12(2)16-17-11-14(19-16)13-7-5-4-6-8-13/h4-8,11-12H,3,9-10H2,1-2H3,(H,17,19)(H,18,20)/t12-/m0/s1. The van der Waals surface area contributed by atoms with Crippen molar-refractivity contribution in [2.24, 2.45) is 0 Å². The molecule has 5 heteroatoms. The number of rotatable bonds is 7. The van der Waals surface area contributed by atoms with E-state index in [0.29, 0.717) is 6.42 Å². The molecule has 0 bridgehead atoms. The average Bonchev–Trinajstić information content (AvgIpc) is 2.98. The first-order chi connectivity index (χ1) is 10.2. The van der Waals surface area contributed by atoms with Crippen LogP contribution in [0.2, 0.25) is 0 Å². The smallest absolute Gasteiger partial charge is 0.221 e. The predicted octanol–water partition coefficient (Wildman–Crippen LogP) is 3.40. The van der Waals surface area contributed by atoms with Crippen LogP contribution in [0.25, 0.3) is 11.3 Å². The Labute approximate surface area is 129 Å². The summed E-state index contributed by atoms with van der Waals surface area (Å²) in [6, 6.07) is 9.92. The van der Waals surface area contributed by atoms with Crippen molar-refractivity contribution in [2.75, 3.05) is 11.5 Å². The van der Waals surface area contributed by atoms with Crippen LogP contribution in [0.15, 0.2) is 36.5 Å². The molecule has 2 N–H and O–H groups in total. The molecule has 1 aromatic heterocycles. The zero-order valence-electron chi connectivity index (χ0n) is 12.4. The molecule has 4 nitrogen and oxygen atoms in total. The molecule has 0 aliphatic rings. The lowest BCUT2D eigenvalue weighted by Gasteiger charge is -2.11. The Bertz CT molecular complexity index is 568. The molecule has 0 aliphatic carbocycles. The molecular weight excluding hydrogens is 282 g/mol. The first-order valence-corrected chi connectivity index (χ1v) is 8.33. The van der Waals surface area contributed by atoms with Gasteiger partial charge in [0, 0.05) is 12.2 Å². The third-order valence-electron chi connectivity index (χ3n) is 3.15. The summed E-state index contributed by atoms with van der Waals surface area (Å²) >= 11 is 1.78. The largest absolute Gasteiger partial charge is 0.346 e. The van der Waals surface area contributed by atoms with Gasteiger partial charge < -0.3 is 10.3 Å². The van der Waals surface area contributed by atoms with Crippen molar-refractivity contribution < 1.29 is 4.79 Å². The van der Waals surface area contributed by atoms with Crippen LogP contribution in [-0.4, -0.2) is 27.4 Å². The van der Waals surface area contributed by atoms with Crippen molar-refractivity contribution >= 4 is 17.7 Å². The van der Waals surface area contributed by atoms with Gasteiger partial charge in [-0.1, -0.05) is 37.3 Å². The molecular formula is C16H21N3OS. The lowest BCUT2D eigenvalue weighted by Crippen LogP contribution is -2.27. The lowest BCUT2D eigenvalue weighted by molar-refractivity contribution is -0.121. The quantitative estimate of drug-likeness (QED) is 0.771. The molecule has 0 aliphatic heterocycles. The highest BCUT2D eigenvalue weighted by Gasteiger charge is 2.13. The maximum atomic E-state index is 11.8. The Kier molecular flexibility index (Phi) is 5.87. The minimum absolute atomic E-state index is 0.0705. The van der Waals surface area contributed by atoms with Crippen molar-refractivity contribution in [3.05, 3.63) is 42.4 Å². The number of aromatic nitrogens is 2. The molecule has 0 saturated heterocycles. The van der Waals surface area contributed by atoms with Crippen molar-refractivity contribution in [1.82, 2.24) is 15.3 Å². The zero-order valence-corrected chi connectivity index (χ0v) is 13.2. The van der Waals surface area contributed by atoms with E-state index in [4.69, 9.17) is 0 Å². The van der Waals surface area contributed by atoms with Crippen molar-refractivity contribution in [3.63, 3.8) is 0 Å². The fraction of sp³-hybridized carbons (Fsp3) is 0.375. The van der Waals surface area contributed by atoms with Gasteiger partial charge in [0.25, 0.3) is 0 Å². The highest BCUT2D eigenvalue weighted by atomic mass is 32.2. The number of nitrogens with one attached hydrogen (secondary N) is 2. The van der Waals surface area contributed by atoms with E-state index < -0.39 is 0 Å². The molecule has 0 radical (unpaired) electrons. The number of carbonyl (C=O) groups is 1. The van der Waals surface area contributed by atoms with Crippen molar-refractivity contribution in [1.29, 1.82) is 0 Å². The number of imidazole rings is 1. The van der Waals surface area contributed by atoms with E-state index in [1.165, 1.54) is 0 Å². The van der Waals surface area contributed by atoms with Crippen LogP contribution in [-0.2, 0) is 4.79 Å². The molecule has 1 atom stereocenters. The number of amides is 1. The van der Waals surface area contributed by atoms with Gasteiger partial charge in [-0.3, -0.25) is 4.79 Å². The lowest BCUT2D eigenvalue weighted by atomic mass is 10.2. The number of hydrogen-bond acceptors (Lipinski definition) is 3. The van der Waals surface area contributed by atoms with Gasteiger partial charge in [0.15, 0.2) is 0 Å². The number of carbonyl (C=O) groups excluding carboxylic acids is 1. The topological polar surface area (TPSA) is 57.8 Å². The maximum Gasteiger partial charge on any atom is 0.221 e. The van der Waals surface area contributed by atoms with Crippen molar-refractivity contribution in [2.45, 2.75) is 26.3 Å². The monoisotopic (exact) mass is 303 g/mol. The molecule has 2 rings (SSSR count). The highest BCUT2D eigenvalue weighted by molar-refractivity contribution is 7.99. The fourth-order valence-electron chi connectivity index (χ4n) is 2.01. The number of thioether (sulfide) groups is 1. The SMILES string of the molecule is CCSCCC(=O)N[C@@H](C)c1ncc(-c2ccccc2)[nH]1. The van der Waals surface area contributed by atoms with E-state index >= 15 is 0 Å². The van der Waals surface area contributed by atoms with Crippen LogP contribution in [0.1, 0.15) is 32.1 Å². The van der Waals surface area contributed by atoms with E-state index in [0.717, 1.165) is 28.6 Å². The van der Waals surface area contributed by atoms with Crippen LogP contribution in [0.3, 0.4) is 0 Å². The van der Waals surface area contributed by atoms with E-state index in [1.807, 2.05) is 37.3 Å². The third-order valence-corrected chi connectivity index (χ3v) is 4.05. The Morgan fingerprint density at radius 3 is 2.86 bits per heavy atom.